The SMILES string of the molecule is N#Cc1ccccc1CN1CCCCC1CCC(=O)O. The first-order chi connectivity index (χ1) is 9.70. The van der Waals surface area contributed by atoms with Crippen molar-refractivity contribution in [3.63, 3.8) is 0 Å². The molecule has 20 heavy (non-hydrogen) atoms. The minimum absolute atomic E-state index is 0.223. The fourth-order valence-electron chi connectivity index (χ4n) is 2.87. The van der Waals surface area contributed by atoms with Crippen molar-refractivity contribution in [1.82, 2.24) is 4.90 Å². The van der Waals surface area contributed by atoms with Gasteiger partial charge < -0.3 is 5.11 Å². The summed E-state index contributed by atoms with van der Waals surface area (Å²) in [5.41, 5.74) is 1.76. The summed E-state index contributed by atoms with van der Waals surface area (Å²) in [5, 5.41) is 18.0. The van der Waals surface area contributed by atoms with Crippen LogP contribution in [0, 0.1) is 11.3 Å². The molecule has 0 spiro atoms. The van der Waals surface area contributed by atoms with Crippen molar-refractivity contribution in [2.45, 2.75) is 44.7 Å². The van der Waals surface area contributed by atoms with Crippen LogP contribution in [0.1, 0.15) is 43.2 Å². The zero-order chi connectivity index (χ0) is 14.4. The van der Waals surface area contributed by atoms with Crippen molar-refractivity contribution in [2.24, 2.45) is 0 Å². The first-order valence-electron chi connectivity index (χ1n) is 7.14. The van der Waals surface area contributed by atoms with E-state index in [0.717, 1.165) is 37.1 Å². The van der Waals surface area contributed by atoms with Gasteiger partial charge in [0.2, 0.25) is 0 Å². The van der Waals surface area contributed by atoms with E-state index >= 15 is 0 Å². The lowest BCUT2D eigenvalue weighted by Crippen LogP contribution is -2.39. The zero-order valence-electron chi connectivity index (χ0n) is 11.6. The third-order valence-electron chi connectivity index (χ3n) is 3.95. The molecule has 1 atom stereocenters. The van der Waals surface area contributed by atoms with Crippen LogP contribution in [0.15, 0.2) is 24.3 Å². The number of hydrogen-bond donors (Lipinski definition) is 1. The lowest BCUT2D eigenvalue weighted by molar-refractivity contribution is -0.137. The van der Waals surface area contributed by atoms with E-state index in [9.17, 15) is 4.79 Å². The minimum Gasteiger partial charge on any atom is -0.481 e. The molecule has 2 rings (SSSR count). The maximum absolute atomic E-state index is 10.7. The normalized spacial score (nSPS) is 19.4. The fourth-order valence-corrected chi connectivity index (χ4v) is 2.87. The summed E-state index contributed by atoms with van der Waals surface area (Å²) in [4.78, 5) is 13.1. The van der Waals surface area contributed by atoms with Gasteiger partial charge in [0.25, 0.3) is 0 Å². The van der Waals surface area contributed by atoms with Gasteiger partial charge in [0, 0.05) is 19.0 Å². The molecule has 4 heteroatoms. The largest absolute Gasteiger partial charge is 0.481 e. The van der Waals surface area contributed by atoms with Crippen LogP contribution in [-0.4, -0.2) is 28.6 Å². The molecule has 4 nitrogen and oxygen atoms in total. The number of rotatable bonds is 5. The smallest absolute Gasteiger partial charge is 0.303 e. The summed E-state index contributed by atoms with van der Waals surface area (Å²) in [5.74, 6) is -0.729. The highest BCUT2D eigenvalue weighted by Gasteiger charge is 2.23. The molecule has 1 heterocycles. The lowest BCUT2D eigenvalue weighted by atomic mass is 9.96. The lowest BCUT2D eigenvalue weighted by Gasteiger charge is -2.35. The average Bonchev–Trinajstić information content (AvgIpc) is 2.47. The van der Waals surface area contributed by atoms with E-state index in [2.05, 4.69) is 11.0 Å². The minimum atomic E-state index is -0.729. The van der Waals surface area contributed by atoms with Crippen molar-refractivity contribution < 1.29 is 9.90 Å². The van der Waals surface area contributed by atoms with E-state index in [1.54, 1.807) is 0 Å². The molecular weight excluding hydrogens is 252 g/mol. The Hall–Kier alpha value is -1.86. The van der Waals surface area contributed by atoms with Crippen LogP contribution in [-0.2, 0) is 11.3 Å². The van der Waals surface area contributed by atoms with Gasteiger partial charge in [0.05, 0.1) is 11.6 Å². The van der Waals surface area contributed by atoms with Crippen molar-refractivity contribution in [3.8, 4) is 6.07 Å². The number of nitriles is 1. The molecule has 0 aliphatic carbocycles. The Labute approximate surface area is 119 Å². The van der Waals surface area contributed by atoms with Gasteiger partial charge in [0.15, 0.2) is 0 Å². The highest BCUT2D eigenvalue weighted by Crippen LogP contribution is 2.23. The van der Waals surface area contributed by atoms with Crippen molar-refractivity contribution >= 4 is 5.97 Å². The third-order valence-corrected chi connectivity index (χ3v) is 3.95. The van der Waals surface area contributed by atoms with E-state index in [1.165, 1.54) is 6.42 Å². The Bertz CT molecular complexity index is 507. The van der Waals surface area contributed by atoms with Gasteiger partial charge in [-0.05, 0) is 37.4 Å². The molecule has 0 bridgehead atoms. The van der Waals surface area contributed by atoms with E-state index in [-0.39, 0.29) is 6.42 Å². The number of carbonyl (C=O) groups is 1. The number of piperidine rings is 1. The average molecular weight is 272 g/mol. The number of aliphatic carboxylic acids is 1. The summed E-state index contributed by atoms with van der Waals surface area (Å²) < 4.78 is 0. The summed E-state index contributed by atoms with van der Waals surface area (Å²) in [6.45, 7) is 1.73. The van der Waals surface area contributed by atoms with Gasteiger partial charge in [-0.15, -0.1) is 0 Å². The molecule has 1 aliphatic rings. The predicted octanol–water partition coefficient (Wildman–Crippen LogP) is 2.78. The molecule has 0 radical (unpaired) electrons. The monoisotopic (exact) mass is 272 g/mol. The summed E-state index contributed by atoms with van der Waals surface area (Å²) >= 11 is 0. The van der Waals surface area contributed by atoms with Crippen molar-refractivity contribution in [2.75, 3.05) is 6.54 Å². The second-order valence-electron chi connectivity index (χ2n) is 5.32. The highest BCUT2D eigenvalue weighted by molar-refractivity contribution is 5.66. The van der Waals surface area contributed by atoms with Gasteiger partial charge in [-0.3, -0.25) is 9.69 Å². The van der Waals surface area contributed by atoms with Crippen LogP contribution in [0.2, 0.25) is 0 Å². The predicted molar refractivity (Wildman–Crippen MR) is 76.1 cm³/mol. The Balaban J connectivity index is 2.05. The van der Waals surface area contributed by atoms with Crippen molar-refractivity contribution in [3.05, 3.63) is 35.4 Å². The Morgan fingerprint density at radius 2 is 2.20 bits per heavy atom. The van der Waals surface area contributed by atoms with Crippen LogP contribution in [0.5, 0.6) is 0 Å². The van der Waals surface area contributed by atoms with Gasteiger partial charge >= 0.3 is 5.97 Å². The third kappa shape index (κ3) is 3.82. The Morgan fingerprint density at radius 3 is 2.95 bits per heavy atom. The molecule has 1 aromatic rings. The molecule has 0 aromatic heterocycles. The molecule has 1 aromatic carbocycles. The van der Waals surface area contributed by atoms with E-state index < -0.39 is 5.97 Å². The number of hydrogen-bond acceptors (Lipinski definition) is 3. The van der Waals surface area contributed by atoms with Crippen LogP contribution < -0.4 is 0 Å². The molecule has 106 valence electrons. The number of nitrogens with zero attached hydrogens (tertiary/aromatic N) is 2. The fraction of sp³-hybridized carbons (Fsp3) is 0.500. The summed E-state index contributed by atoms with van der Waals surface area (Å²) in [6, 6.07) is 10.2. The number of likely N-dealkylation sites (tertiary alicyclic amines) is 1. The number of carboxylic acid groups (broad SMARTS) is 1. The van der Waals surface area contributed by atoms with Gasteiger partial charge in [-0.2, -0.15) is 5.26 Å². The molecule has 1 N–H and O–H groups in total. The quantitative estimate of drug-likeness (QED) is 0.895. The summed E-state index contributed by atoms with van der Waals surface area (Å²) in [7, 11) is 0. The maximum Gasteiger partial charge on any atom is 0.303 e. The molecule has 0 saturated carbocycles. The molecule has 1 saturated heterocycles. The second kappa shape index (κ2) is 7.06. The van der Waals surface area contributed by atoms with E-state index in [1.807, 2.05) is 24.3 Å². The van der Waals surface area contributed by atoms with Crippen LogP contribution >= 0.6 is 0 Å². The standard InChI is InChI=1S/C16H20N2O2/c17-11-13-5-1-2-6-14(13)12-18-10-4-3-7-15(18)8-9-16(19)20/h1-2,5-6,15H,3-4,7-10,12H2,(H,19,20). The van der Waals surface area contributed by atoms with Crippen molar-refractivity contribution in [1.29, 1.82) is 5.26 Å². The highest BCUT2D eigenvalue weighted by atomic mass is 16.4. The van der Waals surface area contributed by atoms with Gasteiger partial charge in [-0.1, -0.05) is 24.6 Å². The summed E-state index contributed by atoms with van der Waals surface area (Å²) in [6.07, 6.45) is 4.30. The van der Waals surface area contributed by atoms with Crippen LogP contribution in [0.3, 0.4) is 0 Å². The molecule has 1 unspecified atom stereocenters. The van der Waals surface area contributed by atoms with Crippen LogP contribution in [0.4, 0.5) is 0 Å². The number of benzene rings is 1. The van der Waals surface area contributed by atoms with Gasteiger partial charge in [0.1, 0.15) is 0 Å². The molecular formula is C16H20N2O2. The first kappa shape index (κ1) is 14.5. The number of carboxylic acids is 1. The molecule has 0 amide bonds. The molecule has 1 fully saturated rings. The Morgan fingerprint density at radius 1 is 1.40 bits per heavy atom. The topological polar surface area (TPSA) is 64.3 Å². The Kier molecular flexibility index (Phi) is 5.14. The van der Waals surface area contributed by atoms with E-state index in [0.29, 0.717) is 12.5 Å². The van der Waals surface area contributed by atoms with E-state index in [4.69, 9.17) is 10.4 Å². The van der Waals surface area contributed by atoms with Gasteiger partial charge in [-0.25, -0.2) is 0 Å². The second-order valence-corrected chi connectivity index (χ2v) is 5.32. The molecule has 1 aliphatic heterocycles. The zero-order valence-corrected chi connectivity index (χ0v) is 11.6. The maximum atomic E-state index is 10.7. The first-order valence-corrected chi connectivity index (χ1v) is 7.14. The van der Waals surface area contributed by atoms with Crippen LogP contribution in [0.25, 0.3) is 0 Å².